The summed E-state index contributed by atoms with van der Waals surface area (Å²) < 4.78 is 5.28. The number of hydrogen-bond donors (Lipinski definition) is 1. The second-order valence-electron chi connectivity index (χ2n) is 3.57. The Morgan fingerprint density at radius 2 is 1.75 bits per heavy atom. The average Bonchev–Trinajstić information content (AvgIpc) is 1.92. The topological polar surface area (TPSA) is 52.3 Å². The van der Waals surface area contributed by atoms with Gasteiger partial charge in [-0.05, 0) is 12.8 Å². The highest BCUT2D eigenvalue weighted by Crippen LogP contribution is 2.29. The van der Waals surface area contributed by atoms with Crippen molar-refractivity contribution in [2.75, 3.05) is 13.2 Å². The van der Waals surface area contributed by atoms with Crippen LogP contribution in [0.4, 0.5) is 0 Å². The Bertz CT molecular complexity index is 170. The smallest absolute Gasteiger partial charge is 0.143 e. The number of carbonyl (C=O) groups excluding carboxylic acids is 1. The van der Waals surface area contributed by atoms with Crippen LogP contribution in [0, 0.1) is 11.8 Å². The number of hydrogen-bond acceptors (Lipinski definition) is 3. The van der Waals surface area contributed by atoms with E-state index in [0.29, 0.717) is 19.0 Å². The first-order valence-corrected chi connectivity index (χ1v) is 4.14. The Labute approximate surface area is 78.1 Å². The van der Waals surface area contributed by atoms with Gasteiger partial charge in [-0.25, -0.2) is 0 Å². The molecule has 4 heteroatoms. The molecule has 3 nitrogen and oxygen atoms in total. The van der Waals surface area contributed by atoms with E-state index in [2.05, 4.69) is 0 Å². The summed E-state index contributed by atoms with van der Waals surface area (Å²) in [5, 5.41) is 0. The maximum atomic E-state index is 11.4. The molecule has 70 valence electrons. The predicted molar refractivity (Wildman–Crippen MR) is 47.3 cm³/mol. The molecule has 2 aliphatic rings. The summed E-state index contributed by atoms with van der Waals surface area (Å²) in [6.07, 6.45) is 1.66. The maximum absolute atomic E-state index is 11.4. The van der Waals surface area contributed by atoms with E-state index in [9.17, 15) is 4.79 Å². The van der Waals surface area contributed by atoms with Crippen LogP contribution in [0.25, 0.3) is 0 Å². The molecule has 2 bridgehead atoms. The van der Waals surface area contributed by atoms with Gasteiger partial charge in [-0.3, -0.25) is 4.79 Å². The average molecular weight is 192 g/mol. The van der Waals surface area contributed by atoms with Gasteiger partial charge in [-0.1, -0.05) is 0 Å². The van der Waals surface area contributed by atoms with Gasteiger partial charge >= 0.3 is 0 Å². The zero-order valence-electron chi connectivity index (χ0n) is 6.86. The zero-order chi connectivity index (χ0) is 7.84. The van der Waals surface area contributed by atoms with Crippen molar-refractivity contribution >= 4 is 18.2 Å². The van der Waals surface area contributed by atoms with Crippen LogP contribution >= 0.6 is 12.4 Å². The van der Waals surface area contributed by atoms with Crippen LogP contribution in [0.15, 0.2) is 0 Å². The second-order valence-corrected chi connectivity index (χ2v) is 3.57. The minimum atomic E-state index is 0. The van der Waals surface area contributed by atoms with Crippen LogP contribution < -0.4 is 5.73 Å². The molecule has 1 aliphatic heterocycles. The van der Waals surface area contributed by atoms with E-state index >= 15 is 0 Å². The van der Waals surface area contributed by atoms with E-state index in [1.54, 1.807) is 0 Å². The molecule has 2 fully saturated rings. The van der Waals surface area contributed by atoms with E-state index in [4.69, 9.17) is 10.5 Å². The van der Waals surface area contributed by atoms with Crippen molar-refractivity contribution in [3.8, 4) is 0 Å². The fraction of sp³-hybridized carbons (Fsp3) is 0.875. The third-order valence-corrected chi connectivity index (χ3v) is 2.62. The maximum Gasteiger partial charge on any atom is 0.143 e. The Balaban J connectivity index is 0.000000720. The number of ether oxygens (including phenoxy) is 1. The van der Waals surface area contributed by atoms with Crippen LogP contribution in [0.1, 0.15) is 12.8 Å². The van der Waals surface area contributed by atoms with E-state index < -0.39 is 0 Å². The molecule has 1 aliphatic carbocycles. The first-order valence-electron chi connectivity index (χ1n) is 4.14. The van der Waals surface area contributed by atoms with E-state index in [1.807, 2.05) is 0 Å². The van der Waals surface area contributed by atoms with Crippen LogP contribution in [0.2, 0.25) is 0 Å². The number of fused-ring (bicyclic) bond motifs is 2. The lowest BCUT2D eigenvalue weighted by molar-refractivity contribution is -0.141. The molecule has 2 N–H and O–H groups in total. The molecule has 0 aromatic heterocycles. The van der Waals surface area contributed by atoms with Crippen LogP contribution in [-0.4, -0.2) is 25.0 Å². The van der Waals surface area contributed by atoms with Gasteiger partial charge in [0.05, 0.1) is 13.2 Å². The summed E-state index contributed by atoms with van der Waals surface area (Å²) in [7, 11) is 0. The summed E-state index contributed by atoms with van der Waals surface area (Å²) in [6.45, 7) is 1.20. The number of ketones is 1. The van der Waals surface area contributed by atoms with Crippen molar-refractivity contribution in [1.82, 2.24) is 0 Å². The van der Waals surface area contributed by atoms with Crippen LogP contribution in [-0.2, 0) is 9.53 Å². The van der Waals surface area contributed by atoms with Crippen molar-refractivity contribution < 1.29 is 9.53 Å². The van der Waals surface area contributed by atoms with Gasteiger partial charge in [0.2, 0.25) is 0 Å². The SMILES string of the molecule is Cl.NC1CC2COCC(C1)C2=O. The highest BCUT2D eigenvalue weighted by atomic mass is 35.5. The molecular formula is C8H14ClNO2. The highest BCUT2D eigenvalue weighted by molar-refractivity contribution is 5.85. The monoisotopic (exact) mass is 191 g/mol. The minimum absolute atomic E-state index is 0. The number of rotatable bonds is 0. The van der Waals surface area contributed by atoms with Crippen molar-refractivity contribution in [1.29, 1.82) is 0 Å². The summed E-state index contributed by atoms with van der Waals surface area (Å²) in [4.78, 5) is 11.4. The predicted octanol–water partition coefficient (Wildman–Crippen LogP) is 0.361. The lowest BCUT2D eigenvalue weighted by Crippen LogP contribution is -2.46. The fourth-order valence-electron chi connectivity index (χ4n) is 2.05. The number of carbonyl (C=O) groups is 1. The van der Waals surface area contributed by atoms with Gasteiger partial charge in [-0.2, -0.15) is 0 Å². The number of nitrogens with two attached hydrogens (primary N) is 1. The molecule has 0 aromatic carbocycles. The molecule has 2 rings (SSSR count). The Kier molecular flexibility index (Phi) is 3.09. The molecule has 0 aromatic rings. The number of Topliss-reactive ketones (excluding diaryl/α,β-unsaturated/α-hetero) is 1. The number of halogens is 1. The quantitative estimate of drug-likeness (QED) is 0.602. The van der Waals surface area contributed by atoms with Gasteiger partial charge < -0.3 is 10.5 Å². The van der Waals surface area contributed by atoms with Crippen molar-refractivity contribution in [3.05, 3.63) is 0 Å². The van der Waals surface area contributed by atoms with Gasteiger partial charge in [-0.15, -0.1) is 12.4 Å². The third-order valence-electron chi connectivity index (χ3n) is 2.62. The van der Waals surface area contributed by atoms with Gasteiger partial charge in [0.15, 0.2) is 0 Å². The molecule has 0 spiro atoms. The molecule has 2 unspecified atom stereocenters. The lowest BCUT2D eigenvalue weighted by Gasteiger charge is -2.35. The zero-order valence-corrected chi connectivity index (χ0v) is 7.68. The van der Waals surface area contributed by atoms with Crippen molar-refractivity contribution in [2.45, 2.75) is 18.9 Å². The summed E-state index contributed by atoms with van der Waals surface area (Å²) in [6, 6.07) is 0.228. The molecule has 1 saturated heterocycles. The largest absolute Gasteiger partial charge is 0.380 e. The van der Waals surface area contributed by atoms with Crippen LogP contribution in [0.3, 0.4) is 0 Å². The van der Waals surface area contributed by atoms with Gasteiger partial charge in [0.1, 0.15) is 5.78 Å². The minimum Gasteiger partial charge on any atom is -0.380 e. The molecule has 2 atom stereocenters. The summed E-state index contributed by atoms with van der Waals surface area (Å²) in [5.41, 5.74) is 5.78. The van der Waals surface area contributed by atoms with Gasteiger partial charge in [0.25, 0.3) is 0 Å². The molecule has 0 radical (unpaired) electrons. The molecule has 0 amide bonds. The first-order chi connectivity index (χ1) is 5.27. The molecule has 12 heavy (non-hydrogen) atoms. The Morgan fingerprint density at radius 1 is 1.25 bits per heavy atom. The van der Waals surface area contributed by atoms with Crippen molar-refractivity contribution in [2.24, 2.45) is 17.6 Å². The first kappa shape index (κ1) is 9.96. The summed E-state index contributed by atoms with van der Waals surface area (Å²) >= 11 is 0. The second kappa shape index (κ2) is 3.73. The summed E-state index contributed by atoms with van der Waals surface area (Å²) in [5.74, 6) is 0.605. The lowest BCUT2D eigenvalue weighted by atomic mass is 9.77. The highest BCUT2D eigenvalue weighted by Gasteiger charge is 2.38. The molecule has 1 heterocycles. The van der Waals surface area contributed by atoms with Gasteiger partial charge in [0, 0.05) is 17.9 Å². The normalized spacial score (nSPS) is 40.4. The molecule has 1 saturated carbocycles. The van der Waals surface area contributed by atoms with E-state index in [1.165, 1.54) is 0 Å². The fourth-order valence-corrected chi connectivity index (χ4v) is 2.05. The van der Waals surface area contributed by atoms with E-state index in [-0.39, 0.29) is 30.3 Å². The van der Waals surface area contributed by atoms with E-state index in [0.717, 1.165) is 12.8 Å². The Hall–Kier alpha value is -0.120. The molecular weight excluding hydrogens is 178 g/mol. The van der Waals surface area contributed by atoms with Crippen molar-refractivity contribution in [3.63, 3.8) is 0 Å². The third kappa shape index (κ3) is 1.63. The standard InChI is InChI=1S/C8H13NO2.ClH/c9-7-1-5-3-11-4-6(2-7)8(5)10;/h5-7H,1-4,9H2;1H. The van der Waals surface area contributed by atoms with Crippen LogP contribution in [0.5, 0.6) is 0 Å². The Morgan fingerprint density at radius 3 is 2.25 bits per heavy atom.